The molecule has 0 heterocycles. The molecule has 0 unspecified atom stereocenters. The SMILES string of the molecule is Cc1ccc(C(=O)NCC2CC2)cc1S(N)(=O)=O. The van der Waals surface area contributed by atoms with Crippen molar-refractivity contribution in [3.8, 4) is 0 Å². The van der Waals surface area contributed by atoms with E-state index in [4.69, 9.17) is 5.14 Å². The van der Waals surface area contributed by atoms with E-state index in [1.165, 1.54) is 6.07 Å². The topological polar surface area (TPSA) is 89.3 Å². The molecule has 1 aliphatic carbocycles. The zero-order chi connectivity index (χ0) is 13.3. The van der Waals surface area contributed by atoms with Gasteiger partial charge in [0.25, 0.3) is 5.91 Å². The lowest BCUT2D eigenvalue weighted by molar-refractivity contribution is 0.0951. The van der Waals surface area contributed by atoms with Gasteiger partial charge in [0.15, 0.2) is 0 Å². The van der Waals surface area contributed by atoms with Crippen molar-refractivity contribution in [3.05, 3.63) is 29.3 Å². The third-order valence-corrected chi connectivity index (χ3v) is 4.06. The van der Waals surface area contributed by atoms with E-state index >= 15 is 0 Å². The number of hydrogen-bond donors (Lipinski definition) is 2. The van der Waals surface area contributed by atoms with E-state index in [1.54, 1.807) is 19.1 Å². The summed E-state index contributed by atoms with van der Waals surface area (Å²) in [6, 6.07) is 4.52. The predicted molar refractivity (Wildman–Crippen MR) is 67.6 cm³/mol. The molecule has 1 aromatic rings. The zero-order valence-corrected chi connectivity index (χ0v) is 11.0. The van der Waals surface area contributed by atoms with Gasteiger partial charge >= 0.3 is 0 Å². The zero-order valence-electron chi connectivity index (χ0n) is 10.1. The second-order valence-corrected chi connectivity index (χ2v) is 6.21. The van der Waals surface area contributed by atoms with Gasteiger partial charge in [0.1, 0.15) is 0 Å². The van der Waals surface area contributed by atoms with Crippen molar-refractivity contribution in [3.63, 3.8) is 0 Å². The van der Waals surface area contributed by atoms with Gasteiger partial charge in [0, 0.05) is 12.1 Å². The van der Waals surface area contributed by atoms with Crippen LogP contribution in [0.25, 0.3) is 0 Å². The number of amides is 1. The first kappa shape index (κ1) is 13.0. The smallest absolute Gasteiger partial charge is 0.251 e. The van der Waals surface area contributed by atoms with Gasteiger partial charge in [-0.3, -0.25) is 4.79 Å². The fourth-order valence-corrected chi connectivity index (χ4v) is 2.52. The molecule has 0 radical (unpaired) electrons. The van der Waals surface area contributed by atoms with Crippen LogP contribution in [0, 0.1) is 12.8 Å². The van der Waals surface area contributed by atoms with Crippen molar-refractivity contribution in [2.75, 3.05) is 6.54 Å². The van der Waals surface area contributed by atoms with Crippen LogP contribution in [0.15, 0.2) is 23.1 Å². The third kappa shape index (κ3) is 3.08. The van der Waals surface area contributed by atoms with E-state index in [0.717, 1.165) is 12.8 Å². The first-order valence-corrected chi connectivity index (χ1v) is 7.34. The second kappa shape index (κ2) is 4.70. The molecule has 1 saturated carbocycles. The largest absolute Gasteiger partial charge is 0.352 e. The van der Waals surface area contributed by atoms with Gasteiger partial charge in [0.05, 0.1) is 4.90 Å². The Morgan fingerprint density at radius 3 is 2.67 bits per heavy atom. The average molecular weight is 268 g/mol. The minimum absolute atomic E-state index is 0.00146. The van der Waals surface area contributed by atoms with Gasteiger partial charge in [-0.2, -0.15) is 0 Å². The molecular formula is C12H16N2O3S. The highest BCUT2D eigenvalue weighted by Gasteiger charge is 2.22. The fourth-order valence-electron chi connectivity index (χ4n) is 1.71. The van der Waals surface area contributed by atoms with Crippen molar-refractivity contribution >= 4 is 15.9 Å². The second-order valence-electron chi connectivity index (χ2n) is 4.68. The number of primary sulfonamides is 1. The summed E-state index contributed by atoms with van der Waals surface area (Å²) in [5, 5.41) is 7.88. The number of benzene rings is 1. The maximum absolute atomic E-state index is 11.8. The Morgan fingerprint density at radius 1 is 1.44 bits per heavy atom. The summed E-state index contributed by atoms with van der Waals surface area (Å²) in [5.41, 5.74) is 0.863. The molecule has 1 fully saturated rings. The van der Waals surface area contributed by atoms with Crippen molar-refractivity contribution in [2.45, 2.75) is 24.7 Å². The van der Waals surface area contributed by atoms with Crippen LogP contribution in [0.2, 0.25) is 0 Å². The van der Waals surface area contributed by atoms with Gasteiger partial charge in [-0.1, -0.05) is 6.07 Å². The molecule has 5 nitrogen and oxygen atoms in total. The summed E-state index contributed by atoms with van der Waals surface area (Å²) < 4.78 is 22.7. The molecule has 3 N–H and O–H groups in total. The molecule has 18 heavy (non-hydrogen) atoms. The average Bonchev–Trinajstić information content (AvgIpc) is 3.08. The maximum atomic E-state index is 11.8. The van der Waals surface area contributed by atoms with E-state index in [9.17, 15) is 13.2 Å². The monoisotopic (exact) mass is 268 g/mol. The summed E-state index contributed by atoms with van der Waals surface area (Å²) >= 11 is 0. The van der Waals surface area contributed by atoms with Crippen molar-refractivity contribution < 1.29 is 13.2 Å². The number of nitrogens with one attached hydrogen (secondary N) is 1. The van der Waals surface area contributed by atoms with Crippen LogP contribution in [0.3, 0.4) is 0 Å². The fraction of sp³-hybridized carbons (Fsp3) is 0.417. The minimum Gasteiger partial charge on any atom is -0.352 e. The summed E-state index contributed by atoms with van der Waals surface area (Å²) in [4.78, 5) is 11.8. The Kier molecular flexibility index (Phi) is 3.41. The molecule has 1 aliphatic rings. The molecule has 0 atom stereocenters. The predicted octanol–water partition coefficient (Wildman–Crippen LogP) is 0.782. The van der Waals surface area contributed by atoms with Gasteiger partial charge in [-0.25, -0.2) is 13.6 Å². The summed E-state index contributed by atoms with van der Waals surface area (Å²) in [6.45, 7) is 2.29. The highest BCUT2D eigenvalue weighted by atomic mass is 32.2. The van der Waals surface area contributed by atoms with Crippen molar-refractivity contribution in [2.24, 2.45) is 11.1 Å². The Labute approximate surface area is 106 Å². The summed E-state index contributed by atoms with van der Waals surface area (Å²) in [7, 11) is -3.79. The third-order valence-electron chi connectivity index (χ3n) is 3.01. The van der Waals surface area contributed by atoms with Gasteiger partial charge in [-0.15, -0.1) is 0 Å². The van der Waals surface area contributed by atoms with Gasteiger partial charge in [0.2, 0.25) is 10.0 Å². The number of aryl methyl sites for hydroxylation is 1. The van der Waals surface area contributed by atoms with Crippen LogP contribution in [0.1, 0.15) is 28.8 Å². The standard InChI is InChI=1S/C12H16N2O3S/c1-8-2-5-10(6-11(8)18(13,16)17)12(15)14-7-9-3-4-9/h2,5-6,9H,3-4,7H2,1H3,(H,14,15)(H2,13,16,17). The Morgan fingerprint density at radius 2 is 2.11 bits per heavy atom. The highest BCUT2D eigenvalue weighted by molar-refractivity contribution is 7.89. The molecule has 0 aliphatic heterocycles. The summed E-state index contributed by atoms with van der Waals surface area (Å²) in [5.74, 6) is 0.323. The van der Waals surface area contributed by atoms with Crippen LogP contribution in [-0.4, -0.2) is 20.9 Å². The first-order valence-electron chi connectivity index (χ1n) is 5.79. The number of sulfonamides is 1. The first-order chi connectivity index (χ1) is 8.38. The van der Waals surface area contributed by atoms with E-state index < -0.39 is 10.0 Å². The summed E-state index contributed by atoms with van der Waals surface area (Å²) in [6.07, 6.45) is 2.30. The molecule has 1 aromatic carbocycles. The molecule has 1 amide bonds. The molecule has 6 heteroatoms. The van der Waals surface area contributed by atoms with Crippen molar-refractivity contribution in [1.82, 2.24) is 5.32 Å². The van der Waals surface area contributed by atoms with Gasteiger partial charge < -0.3 is 5.32 Å². The van der Waals surface area contributed by atoms with Gasteiger partial charge in [-0.05, 0) is 43.4 Å². The highest BCUT2D eigenvalue weighted by Crippen LogP contribution is 2.27. The lowest BCUT2D eigenvalue weighted by atomic mass is 10.1. The minimum atomic E-state index is -3.79. The van der Waals surface area contributed by atoms with Crippen LogP contribution in [-0.2, 0) is 10.0 Å². The molecule has 0 bridgehead atoms. The van der Waals surface area contributed by atoms with Crippen molar-refractivity contribution in [1.29, 1.82) is 0 Å². The number of rotatable bonds is 4. The molecular weight excluding hydrogens is 252 g/mol. The molecule has 0 saturated heterocycles. The molecule has 0 aromatic heterocycles. The molecule has 0 spiro atoms. The Hall–Kier alpha value is -1.40. The quantitative estimate of drug-likeness (QED) is 0.845. The molecule has 98 valence electrons. The van der Waals surface area contributed by atoms with E-state index in [-0.39, 0.29) is 10.8 Å². The van der Waals surface area contributed by atoms with Crippen LogP contribution >= 0.6 is 0 Å². The number of carbonyl (C=O) groups is 1. The van der Waals surface area contributed by atoms with E-state index in [1.807, 2.05) is 0 Å². The number of hydrogen-bond acceptors (Lipinski definition) is 3. The van der Waals surface area contributed by atoms with E-state index in [2.05, 4.69) is 5.32 Å². The van der Waals surface area contributed by atoms with Crippen LogP contribution in [0.4, 0.5) is 0 Å². The normalized spacial score (nSPS) is 15.4. The van der Waals surface area contributed by atoms with Crippen LogP contribution in [0.5, 0.6) is 0 Å². The number of carbonyl (C=O) groups excluding carboxylic acids is 1. The lowest BCUT2D eigenvalue weighted by Gasteiger charge is -2.07. The maximum Gasteiger partial charge on any atom is 0.251 e. The van der Waals surface area contributed by atoms with E-state index in [0.29, 0.717) is 23.6 Å². The Balaban J connectivity index is 2.20. The Bertz CT molecular complexity index is 577. The lowest BCUT2D eigenvalue weighted by Crippen LogP contribution is -2.26. The number of nitrogens with two attached hydrogens (primary N) is 1. The molecule has 2 rings (SSSR count). The van der Waals surface area contributed by atoms with Crippen LogP contribution < -0.4 is 10.5 Å².